The van der Waals surface area contributed by atoms with Gasteiger partial charge in [-0.25, -0.2) is 0 Å². The fourth-order valence-corrected chi connectivity index (χ4v) is 0.119. The van der Waals surface area contributed by atoms with E-state index in [1.54, 1.807) is 0 Å². The standard InChI is InChI=1S/C2H4N4S.Cs.H/c3-2(4)6-5-1-7;;/h(H4,3,4,6);;/q;+1;-1. The van der Waals surface area contributed by atoms with E-state index < -0.39 is 0 Å². The number of isothiocyanates is 1. The third-order valence-electron chi connectivity index (χ3n) is 0.206. The molecule has 0 aromatic heterocycles. The second-order valence-corrected chi connectivity index (χ2v) is 0.899. The van der Waals surface area contributed by atoms with E-state index in [0.717, 1.165) is 0 Å². The van der Waals surface area contributed by atoms with Crippen LogP contribution in [0.25, 0.3) is 0 Å². The van der Waals surface area contributed by atoms with E-state index in [9.17, 15) is 0 Å². The molecule has 4 N–H and O–H groups in total. The minimum absolute atomic E-state index is 0. The summed E-state index contributed by atoms with van der Waals surface area (Å²) in [5.41, 5.74) is 9.65. The summed E-state index contributed by atoms with van der Waals surface area (Å²) in [7, 11) is 0. The van der Waals surface area contributed by atoms with Crippen LogP contribution >= 0.6 is 12.2 Å². The van der Waals surface area contributed by atoms with Crippen molar-refractivity contribution >= 4 is 23.3 Å². The van der Waals surface area contributed by atoms with Gasteiger partial charge in [0, 0.05) is 0 Å². The molecule has 0 aliphatic heterocycles. The summed E-state index contributed by atoms with van der Waals surface area (Å²) in [6.45, 7) is 0. The third kappa shape index (κ3) is 10.2. The Hall–Kier alpha value is 1.12. The maximum Gasteiger partial charge on any atom is 1.00 e. The summed E-state index contributed by atoms with van der Waals surface area (Å²) in [6.07, 6.45) is 0. The first-order valence-corrected chi connectivity index (χ1v) is 1.84. The Labute approximate surface area is 113 Å². The summed E-state index contributed by atoms with van der Waals surface area (Å²) in [6, 6.07) is 0. The van der Waals surface area contributed by atoms with E-state index >= 15 is 0 Å². The molecule has 0 aromatic rings. The average Bonchev–Trinajstić information content (AvgIpc) is 1.61. The van der Waals surface area contributed by atoms with Crippen LogP contribution in [0.3, 0.4) is 0 Å². The van der Waals surface area contributed by atoms with E-state index in [-0.39, 0.29) is 76.3 Å². The van der Waals surface area contributed by atoms with Gasteiger partial charge in [-0.15, -0.1) is 5.10 Å². The minimum atomic E-state index is -0.114. The van der Waals surface area contributed by atoms with Crippen molar-refractivity contribution in [2.24, 2.45) is 21.7 Å². The Morgan fingerprint density at radius 1 is 1.62 bits per heavy atom. The number of hydrogen-bond acceptors (Lipinski definition) is 3. The van der Waals surface area contributed by atoms with Gasteiger partial charge in [0.05, 0.1) is 5.16 Å². The molecule has 0 saturated heterocycles. The zero-order valence-electron chi connectivity index (χ0n) is 5.46. The Kier molecular flexibility index (Phi) is 12.0. The Morgan fingerprint density at radius 3 is 2.25 bits per heavy atom. The predicted octanol–water partition coefficient (Wildman–Crippen LogP) is -3.61. The van der Waals surface area contributed by atoms with Crippen molar-refractivity contribution < 1.29 is 70.3 Å². The van der Waals surface area contributed by atoms with Crippen LogP contribution in [0.1, 0.15) is 1.43 Å². The van der Waals surface area contributed by atoms with Gasteiger partial charge in [-0.05, 0) is 12.2 Å². The van der Waals surface area contributed by atoms with Crippen LogP contribution in [0.5, 0.6) is 0 Å². The van der Waals surface area contributed by atoms with Crippen LogP contribution in [-0.4, -0.2) is 11.1 Å². The molecule has 8 heavy (non-hydrogen) atoms. The minimum Gasteiger partial charge on any atom is -1.00 e. The van der Waals surface area contributed by atoms with Gasteiger partial charge < -0.3 is 12.9 Å². The molecule has 0 bridgehead atoms. The number of nitrogens with zero attached hydrogens (tertiary/aromatic N) is 2. The molecule has 0 atom stereocenters. The van der Waals surface area contributed by atoms with Gasteiger partial charge in [0.1, 0.15) is 0 Å². The number of rotatable bonds is 1. The van der Waals surface area contributed by atoms with Crippen molar-refractivity contribution in [3.8, 4) is 0 Å². The second kappa shape index (κ2) is 8.12. The number of guanidine groups is 1. The molecule has 0 spiro atoms. The maximum absolute atomic E-state index is 4.83. The largest absolute Gasteiger partial charge is 1.00 e. The first-order valence-electron chi connectivity index (χ1n) is 1.43. The van der Waals surface area contributed by atoms with Gasteiger partial charge in [-0.2, -0.15) is 0 Å². The fourth-order valence-electron chi connectivity index (χ4n) is 0.0781. The first kappa shape index (κ1) is 11.9. The van der Waals surface area contributed by atoms with E-state index in [0.29, 0.717) is 0 Å². The molecular weight excluding hydrogens is 245 g/mol. The van der Waals surface area contributed by atoms with Gasteiger partial charge in [0.15, 0.2) is 0 Å². The molecule has 0 aliphatic carbocycles. The van der Waals surface area contributed by atoms with Gasteiger partial charge in [-0.1, -0.05) is 5.10 Å². The van der Waals surface area contributed by atoms with E-state index in [2.05, 4.69) is 22.4 Å². The first-order chi connectivity index (χ1) is 3.27. The summed E-state index contributed by atoms with van der Waals surface area (Å²) in [5, 5.41) is 8.16. The zero-order valence-corrected chi connectivity index (χ0v) is 11.6. The Bertz CT molecular complexity index is 127. The smallest absolute Gasteiger partial charge is 1.00 e. The molecule has 4 nitrogen and oxygen atoms in total. The fraction of sp³-hybridized carbons (Fsp3) is 0. The van der Waals surface area contributed by atoms with Crippen LogP contribution in [-0.2, 0) is 0 Å². The third-order valence-corrected chi connectivity index (χ3v) is 0.288. The van der Waals surface area contributed by atoms with Crippen molar-refractivity contribution in [2.75, 3.05) is 0 Å². The van der Waals surface area contributed by atoms with Crippen LogP contribution < -0.4 is 80.4 Å². The van der Waals surface area contributed by atoms with Crippen molar-refractivity contribution in [2.45, 2.75) is 0 Å². The maximum atomic E-state index is 4.83. The molecule has 40 valence electrons. The molecule has 0 fully saturated rings. The van der Waals surface area contributed by atoms with E-state index in [1.807, 2.05) is 5.16 Å². The number of hydrogen-bond donors (Lipinski definition) is 2. The summed E-state index contributed by atoms with van der Waals surface area (Å²) < 4.78 is 0. The van der Waals surface area contributed by atoms with Crippen molar-refractivity contribution in [1.82, 2.24) is 0 Å². The summed E-state index contributed by atoms with van der Waals surface area (Å²) in [5.74, 6) is -0.114. The molecule has 0 saturated carbocycles. The van der Waals surface area contributed by atoms with Crippen LogP contribution in [0.15, 0.2) is 10.2 Å². The van der Waals surface area contributed by atoms with Crippen LogP contribution in [0, 0.1) is 0 Å². The summed E-state index contributed by atoms with van der Waals surface area (Å²) in [4.78, 5) is 0. The van der Waals surface area contributed by atoms with Crippen LogP contribution in [0.2, 0.25) is 0 Å². The molecule has 6 heteroatoms. The summed E-state index contributed by atoms with van der Waals surface area (Å²) >= 11 is 4.14. The zero-order chi connectivity index (χ0) is 5.70. The number of nitrogens with two attached hydrogens (primary N) is 2. The van der Waals surface area contributed by atoms with E-state index in [1.165, 1.54) is 0 Å². The van der Waals surface area contributed by atoms with Crippen molar-refractivity contribution in [3.05, 3.63) is 0 Å². The van der Waals surface area contributed by atoms with Gasteiger partial charge in [-0.3, -0.25) is 0 Å². The normalized spacial score (nSPS) is 5.50. The SMILES string of the molecule is NC(N)=NN=C=S.[Cs+].[H-]. The molecule has 0 heterocycles. The molecule has 0 rings (SSSR count). The Morgan fingerprint density at radius 2 is 2.12 bits per heavy atom. The monoisotopic (exact) mass is 250 g/mol. The molecule has 0 radical (unpaired) electrons. The van der Waals surface area contributed by atoms with E-state index in [4.69, 9.17) is 11.5 Å². The molecular formula is C2H5CsN4S. The second-order valence-electron chi connectivity index (χ2n) is 0.716. The quantitative estimate of drug-likeness (QED) is 0.218. The average molecular weight is 250 g/mol. The molecule has 0 aliphatic rings. The number of thiocarbonyl (C=S) groups is 1. The molecule has 0 unspecified atom stereocenters. The van der Waals surface area contributed by atoms with Gasteiger partial charge in [0.25, 0.3) is 0 Å². The van der Waals surface area contributed by atoms with Crippen LogP contribution in [0.4, 0.5) is 0 Å². The molecule has 0 aromatic carbocycles. The topological polar surface area (TPSA) is 76.8 Å². The van der Waals surface area contributed by atoms with Crippen molar-refractivity contribution in [1.29, 1.82) is 0 Å². The predicted molar refractivity (Wildman–Crippen MR) is 31.9 cm³/mol. The van der Waals surface area contributed by atoms with Gasteiger partial charge in [0.2, 0.25) is 5.96 Å². The molecule has 0 amide bonds. The Balaban J connectivity index is -0.000000180. The van der Waals surface area contributed by atoms with Crippen molar-refractivity contribution in [3.63, 3.8) is 0 Å². The van der Waals surface area contributed by atoms with Gasteiger partial charge >= 0.3 is 68.9 Å².